The van der Waals surface area contributed by atoms with E-state index in [1.807, 2.05) is 44.2 Å². The lowest BCUT2D eigenvalue weighted by Gasteiger charge is -2.26. The van der Waals surface area contributed by atoms with Crippen molar-refractivity contribution in [3.63, 3.8) is 0 Å². The lowest BCUT2D eigenvalue weighted by Crippen LogP contribution is -2.38. The number of hydrogen-bond acceptors (Lipinski definition) is 5. The molecule has 2 aliphatic heterocycles. The SMILES string of the molecule is CC1(C)Cc2cccc(OCC(=O)OCC(=O)N3CC=C(c4ccccc4)CC3)c2O1. The maximum absolute atomic E-state index is 12.4. The van der Waals surface area contributed by atoms with Crippen LogP contribution < -0.4 is 9.47 Å². The van der Waals surface area contributed by atoms with Gasteiger partial charge in [-0.15, -0.1) is 0 Å². The molecule has 0 fully saturated rings. The van der Waals surface area contributed by atoms with Crippen molar-refractivity contribution in [2.45, 2.75) is 32.3 Å². The maximum atomic E-state index is 12.4. The van der Waals surface area contributed by atoms with Gasteiger partial charge in [0.1, 0.15) is 5.60 Å². The predicted octanol–water partition coefficient (Wildman–Crippen LogP) is 3.64. The van der Waals surface area contributed by atoms with Gasteiger partial charge in [-0.3, -0.25) is 4.79 Å². The number of carbonyl (C=O) groups is 2. The summed E-state index contributed by atoms with van der Waals surface area (Å²) < 4.78 is 16.7. The number of carbonyl (C=O) groups excluding carboxylic acids is 2. The molecule has 31 heavy (non-hydrogen) atoms. The van der Waals surface area contributed by atoms with Crippen molar-refractivity contribution in [3.8, 4) is 11.5 Å². The Labute approximate surface area is 182 Å². The van der Waals surface area contributed by atoms with Crippen LogP contribution in [0.1, 0.15) is 31.4 Å². The second kappa shape index (κ2) is 8.84. The first-order chi connectivity index (χ1) is 14.9. The molecule has 0 saturated heterocycles. The van der Waals surface area contributed by atoms with Crippen LogP contribution in [-0.4, -0.2) is 48.7 Å². The minimum atomic E-state index is -0.583. The van der Waals surface area contributed by atoms with E-state index in [1.54, 1.807) is 11.0 Å². The van der Waals surface area contributed by atoms with Gasteiger partial charge in [0.05, 0.1) is 0 Å². The van der Waals surface area contributed by atoms with E-state index in [-0.39, 0.29) is 24.7 Å². The minimum absolute atomic E-state index is 0.206. The van der Waals surface area contributed by atoms with E-state index in [2.05, 4.69) is 18.2 Å². The summed E-state index contributed by atoms with van der Waals surface area (Å²) >= 11 is 0. The number of benzene rings is 2. The number of nitrogens with zero attached hydrogens (tertiary/aromatic N) is 1. The Bertz CT molecular complexity index is 996. The van der Waals surface area contributed by atoms with E-state index in [1.165, 1.54) is 11.1 Å². The summed E-state index contributed by atoms with van der Waals surface area (Å²) in [5.41, 5.74) is 3.17. The Morgan fingerprint density at radius 2 is 1.87 bits per heavy atom. The molecule has 0 atom stereocenters. The van der Waals surface area contributed by atoms with Gasteiger partial charge in [-0.2, -0.15) is 0 Å². The second-order valence-corrected chi connectivity index (χ2v) is 8.42. The molecule has 0 aromatic heterocycles. The summed E-state index contributed by atoms with van der Waals surface area (Å²) in [5, 5.41) is 0. The fourth-order valence-electron chi connectivity index (χ4n) is 3.92. The van der Waals surface area contributed by atoms with Crippen molar-refractivity contribution in [1.82, 2.24) is 4.90 Å². The largest absolute Gasteiger partial charge is 0.483 e. The van der Waals surface area contributed by atoms with E-state index in [0.29, 0.717) is 24.6 Å². The molecular formula is C25H27NO5. The Balaban J connectivity index is 1.24. The summed E-state index contributed by atoms with van der Waals surface area (Å²) in [6.45, 7) is 4.58. The molecule has 0 aliphatic carbocycles. The highest BCUT2D eigenvalue weighted by molar-refractivity contribution is 5.82. The Morgan fingerprint density at radius 1 is 1.06 bits per heavy atom. The van der Waals surface area contributed by atoms with Crippen LogP contribution in [0.3, 0.4) is 0 Å². The number of hydrogen-bond donors (Lipinski definition) is 0. The highest BCUT2D eigenvalue weighted by atomic mass is 16.6. The number of esters is 1. The number of fused-ring (bicyclic) bond motifs is 1. The van der Waals surface area contributed by atoms with E-state index >= 15 is 0 Å². The zero-order valence-electron chi connectivity index (χ0n) is 17.9. The van der Waals surface area contributed by atoms with Gasteiger partial charge in [-0.1, -0.05) is 48.5 Å². The molecule has 4 rings (SSSR count). The molecule has 1 amide bonds. The molecule has 0 spiro atoms. The molecule has 6 nitrogen and oxygen atoms in total. The first-order valence-electron chi connectivity index (χ1n) is 10.5. The molecule has 6 heteroatoms. The van der Waals surface area contributed by atoms with Crippen molar-refractivity contribution >= 4 is 17.4 Å². The highest BCUT2D eigenvalue weighted by Gasteiger charge is 2.32. The minimum Gasteiger partial charge on any atom is -0.483 e. The molecule has 0 unspecified atom stereocenters. The lowest BCUT2D eigenvalue weighted by atomic mass is 10.00. The van der Waals surface area contributed by atoms with Gasteiger partial charge in [-0.25, -0.2) is 4.79 Å². The molecule has 2 aromatic carbocycles. The first-order valence-corrected chi connectivity index (χ1v) is 10.5. The van der Waals surface area contributed by atoms with Crippen LogP contribution in [0.5, 0.6) is 11.5 Å². The van der Waals surface area contributed by atoms with Crippen LogP contribution in [0.25, 0.3) is 5.57 Å². The molecule has 0 N–H and O–H groups in total. The summed E-state index contributed by atoms with van der Waals surface area (Å²) in [4.78, 5) is 26.2. The Morgan fingerprint density at radius 3 is 2.61 bits per heavy atom. The van der Waals surface area contributed by atoms with Gasteiger partial charge in [-0.05, 0) is 37.5 Å². The molecule has 162 valence electrons. The van der Waals surface area contributed by atoms with E-state index in [0.717, 1.165) is 18.4 Å². The normalized spacial score (nSPS) is 16.7. The fraction of sp³-hybridized carbons (Fsp3) is 0.360. The van der Waals surface area contributed by atoms with Gasteiger partial charge in [0.2, 0.25) is 0 Å². The molecule has 0 bridgehead atoms. The molecule has 2 heterocycles. The third-order valence-electron chi connectivity index (χ3n) is 5.46. The van der Waals surface area contributed by atoms with Crippen LogP contribution in [0.4, 0.5) is 0 Å². The first kappa shape index (κ1) is 21.0. The summed E-state index contributed by atoms with van der Waals surface area (Å²) in [6.07, 6.45) is 3.62. The van der Waals surface area contributed by atoms with Crippen LogP contribution in [0, 0.1) is 0 Å². The zero-order valence-corrected chi connectivity index (χ0v) is 17.9. The van der Waals surface area contributed by atoms with Gasteiger partial charge in [0.25, 0.3) is 5.91 Å². The summed E-state index contributed by atoms with van der Waals surface area (Å²) in [6, 6.07) is 15.8. The topological polar surface area (TPSA) is 65.1 Å². The van der Waals surface area contributed by atoms with Crippen molar-refractivity contribution in [3.05, 3.63) is 65.7 Å². The van der Waals surface area contributed by atoms with Crippen molar-refractivity contribution in [2.24, 2.45) is 0 Å². The maximum Gasteiger partial charge on any atom is 0.344 e. The summed E-state index contributed by atoms with van der Waals surface area (Å²) in [7, 11) is 0. The molecule has 0 saturated carbocycles. The van der Waals surface area contributed by atoms with E-state index in [9.17, 15) is 9.59 Å². The molecule has 0 radical (unpaired) electrons. The number of para-hydroxylation sites is 1. The van der Waals surface area contributed by atoms with Crippen LogP contribution in [0.2, 0.25) is 0 Å². The number of rotatable bonds is 6. The molecule has 2 aliphatic rings. The number of ether oxygens (including phenoxy) is 3. The molecule has 2 aromatic rings. The van der Waals surface area contributed by atoms with Gasteiger partial charge >= 0.3 is 5.97 Å². The standard InChI is InChI=1S/C25H27NO5/c1-25(2)15-20-9-6-10-21(24(20)31-25)29-17-23(28)30-16-22(27)26-13-11-19(12-14-26)18-7-4-3-5-8-18/h3-11H,12-17H2,1-2H3. The third kappa shape index (κ3) is 5.08. The van der Waals surface area contributed by atoms with E-state index in [4.69, 9.17) is 14.2 Å². The fourth-order valence-corrected chi connectivity index (χ4v) is 3.92. The monoisotopic (exact) mass is 421 g/mol. The van der Waals surface area contributed by atoms with Crippen LogP contribution >= 0.6 is 0 Å². The summed E-state index contributed by atoms with van der Waals surface area (Å²) in [5.74, 6) is 0.398. The lowest BCUT2D eigenvalue weighted by molar-refractivity contribution is -0.153. The van der Waals surface area contributed by atoms with Gasteiger partial charge in [0.15, 0.2) is 24.7 Å². The Kier molecular flexibility index (Phi) is 5.98. The average Bonchev–Trinajstić information content (AvgIpc) is 3.11. The quantitative estimate of drug-likeness (QED) is 0.667. The van der Waals surface area contributed by atoms with Crippen LogP contribution in [0.15, 0.2) is 54.6 Å². The van der Waals surface area contributed by atoms with Crippen molar-refractivity contribution in [1.29, 1.82) is 0 Å². The smallest absolute Gasteiger partial charge is 0.344 e. The number of amides is 1. The third-order valence-corrected chi connectivity index (χ3v) is 5.46. The molecular weight excluding hydrogens is 394 g/mol. The van der Waals surface area contributed by atoms with E-state index < -0.39 is 5.97 Å². The zero-order chi connectivity index (χ0) is 21.8. The van der Waals surface area contributed by atoms with Gasteiger partial charge < -0.3 is 19.1 Å². The second-order valence-electron chi connectivity index (χ2n) is 8.42. The highest BCUT2D eigenvalue weighted by Crippen LogP contribution is 2.41. The van der Waals surface area contributed by atoms with Gasteiger partial charge in [0, 0.05) is 25.1 Å². The van der Waals surface area contributed by atoms with Crippen molar-refractivity contribution in [2.75, 3.05) is 26.3 Å². The predicted molar refractivity (Wildman–Crippen MR) is 117 cm³/mol. The Hall–Kier alpha value is -3.28. The average molecular weight is 421 g/mol. The van der Waals surface area contributed by atoms with Crippen LogP contribution in [-0.2, 0) is 20.7 Å². The van der Waals surface area contributed by atoms with Crippen molar-refractivity contribution < 1.29 is 23.8 Å².